The van der Waals surface area contributed by atoms with Gasteiger partial charge in [0, 0.05) is 28.4 Å². The first-order valence-electron chi connectivity index (χ1n) is 8.41. The third-order valence-corrected chi connectivity index (χ3v) is 4.04. The molecule has 0 aliphatic heterocycles. The van der Waals surface area contributed by atoms with Gasteiger partial charge in [0.25, 0.3) is 5.91 Å². The number of nitrogens with two attached hydrogens (primary N) is 1. The lowest BCUT2D eigenvalue weighted by atomic mass is 10.0. The van der Waals surface area contributed by atoms with Crippen LogP contribution in [-0.2, 0) is 4.79 Å². The zero-order chi connectivity index (χ0) is 19.9. The van der Waals surface area contributed by atoms with Gasteiger partial charge in [-0.05, 0) is 41.3 Å². The maximum absolute atomic E-state index is 12.7. The molecule has 0 unspecified atom stereocenters. The molecule has 7 nitrogen and oxygen atoms in total. The van der Waals surface area contributed by atoms with Crippen molar-refractivity contribution in [2.45, 2.75) is 0 Å². The number of hydrogen-bond acceptors (Lipinski definition) is 4. The van der Waals surface area contributed by atoms with Gasteiger partial charge >= 0.3 is 5.97 Å². The summed E-state index contributed by atoms with van der Waals surface area (Å²) in [5.41, 5.74) is 2.54. The fourth-order valence-corrected chi connectivity index (χ4v) is 2.79. The molecule has 0 bridgehead atoms. The summed E-state index contributed by atoms with van der Waals surface area (Å²) in [5.74, 6) is 3.78. The third kappa shape index (κ3) is 4.34. The van der Waals surface area contributed by atoms with Gasteiger partial charge in [0.05, 0.1) is 0 Å². The lowest BCUT2D eigenvalue weighted by Gasteiger charge is -2.11. The zero-order valence-corrected chi connectivity index (χ0v) is 14.8. The van der Waals surface area contributed by atoms with E-state index >= 15 is 0 Å². The predicted molar refractivity (Wildman–Crippen MR) is 111 cm³/mol. The Balaban J connectivity index is 1.91. The molecular formula is C21H18N4O3. The highest BCUT2D eigenvalue weighted by Gasteiger charge is 2.10. The van der Waals surface area contributed by atoms with E-state index < -0.39 is 5.97 Å². The second-order valence-electron chi connectivity index (χ2n) is 5.88. The third-order valence-electron chi connectivity index (χ3n) is 4.04. The Kier molecular flexibility index (Phi) is 5.66. The zero-order valence-electron chi connectivity index (χ0n) is 14.8. The number of benzene rings is 3. The molecule has 28 heavy (non-hydrogen) atoms. The summed E-state index contributed by atoms with van der Waals surface area (Å²) in [6.45, 7) is 0. The second-order valence-corrected chi connectivity index (χ2v) is 5.88. The molecule has 0 fully saturated rings. The van der Waals surface area contributed by atoms with Crippen LogP contribution in [0.25, 0.3) is 16.8 Å². The quantitative estimate of drug-likeness (QED) is 0.173. The Labute approximate surface area is 161 Å². The van der Waals surface area contributed by atoms with E-state index in [1.807, 2.05) is 24.3 Å². The largest absolute Gasteiger partial charge is 0.478 e. The average Bonchev–Trinajstić information content (AvgIpc) is 2.71. The van der Waals surface area contributed by atoms with Crippen molar-refractivity contribution in [3.8, 4) is 0 Å². The van der Waals surface area contributed by atoms with E-state index in [9.17, 15) is 9.59 Å². The number of hydrazone groups is 1. The first-order chi connectivity index (χ1) is 13.6. The smallest absolute Gasteiger partial charge is 0.328 e. The van der Waals surface area contributed by atoms with Crippen LogP contribution in [0.2, 0.25) is 0 Å². The highest BCUT2D eigenvalue weighted by Crippen LogP contribution is 2.28. The number of carbonyl (C=O) groups is 2. The molecule has 5 N–H and O–H groups in total. The number of fused-ring (bicyclic) bond motifs is 1. The van der Waals surface area contributed by atoms with Crippen LogP contribution in [0.1, 0.15) is 15.9 Å². The normalized spacial score (nSPS) is 11.1. The SMILES string of the molecule is NN=CNc1cccc(C(=O)Nc2ccc(C=CC(=O)O)c3ccccc23)c1. The maximum atomic E-state index is 12.7. The number of rotatable bonds is 6. The van der Waals surface area contributed by atoms with Crippen LogP contribution >= 0.6 is 0 Å². The topological polar surface area (TPSA) is 117 Å². The van der Waals surface area contributed by atoms with Crippen molar-refractivity contribution in [3.63, 3.8) is 0 Å². The van der Waals surface area contributed by atoms with Crippen LogP contribution in [0, 0.1) is 0 Å². The first-order valence-corrected chi connectivity index (χ1v) is 8.41. The van der Waals surface area contributed by atoms with Gasteiger partial charge in [0.1, 0.15) is 6.34 Å². The van der Waals surface area contributed by atoms with Crippen molar-refractivity contribution in [3.05, 3.63) is 77.9 Å². The molecule has 0 saturated heterocycles. The molecule has 0 atom stereocenters. The van der Waals surface area contributed by atoms with Gasteiger partial charge in [0.15, 0.2) is 0 Å². The van der Waals surface area contributed by atoms with E-state index in [0.717, 1.165) is 22.4 Å². The van der Waals surface area contributed by atoms with Gasteiger partial charge in [-0.2, -0.15) is 5.10 Å². The number of carbonyl (C=O) groups excluding carboxylic acids is 1. The van der Waals surface area contributed by atoms with E-state index in [0.29, 0.717) is 16.9 Å². The van der Waals surface area contributed by atoms with Crippen LogP contribution < -0.4 is 16.5 Å². The Morgan fingerprint density at radius 2 is 1.79 bits per heavy atom. The van der Waals surface area contributed by atoms with Crippen molar-refractivity contribution in [2.75, 3.05) is 10.6 Å². The summed E-state index contributed by atoms with van der Waals surface area (Å²) in [7, 11) is 0. The van der Waals surface area contributed by atoms with E-state index in [1.54, 1.807) is 36.4 Å². The van der Waals surface area contributed by atoms with E-state index in [2.05, 4.69) is 15.7 Å². The molecule has 3 aromatic carbocycles. The monoisotopic (exact) mass is 374 g/mol. The summed E-state index contributed by atoms with van der Waals surface area (Å²) in [5, 5.41) is 19.6. The van der Waals surface area contributed by atoms with E-state index in [1.165, 1.54) is 12.4 Å². The van der Waals surface area contributed by atoms with Crippen molar-refractivity contribution in [1.29, 1.82) is 0 Å². The Morgan fingerprint density at radius 1 is 1.00 bits per heavy atom. The number of nitrogens with zero attached hydrogens (tertiary/aromatic N) is 1. The summed E-state index contributed by atoms with van der Waals surface area (Å²) in [4.78, 5) is 23.5. The molecule has 0 spiro atoms. The van der Waals surface area contributed by atoms with Gasteiger partial charge in [-0.15, -0.1) is 0 Å². The first kappa shape index (κ1) is 18.7. The lowest BCUT2D eigenvalue weighted by molar-refractivity contribution is -0.131. The van der Waals surface area contributed by atoms with Crippen molar-refractivity contribution < 1.29 is 14.7 Å². The highest BCUT2D eigenvalue weighted by molar-refractivity contribution is 6.11. The highest BCUT2D eigenvalue weighted by atomic mass is 16.4. The minimum absolute atomic E-state index is 0.271. The van der Waals surface area contributed by atoms with E-state index in [4.69, 9.17) is 10.9 Å². The van der Waals surface area contributed by atoms with Crippen molar-refractivity contribution >= 4 is 46.4 Å². The predicted octanol–water partition coefficient (Wildman–Crippen LogP) is 3.50. The molecule has 3 rings (SSSR count). The molecule has 0 aliphatic rings. The number of aliphatic carboxylic acids is 1. The molecule has 3 aromatic rings. The van der Waals surface area contributed by atoms with Crippen LogP contribution in [-0.4, -0.2) is 23.3 Å². The standard InChI is InChI=1S/C21H18N4O3/c22-24-13-23-16-5-3-4-15(12-16)21(28)25-19-10-8-14(9-11-20(26)27)17-6-1-2-7-18(17)19/h1-13H,22H2,(H,23,24)(H,25,28)(H,26,27). The molecule has 1 amide bonds. The maximum Gasteiger partial charge on any atom is 0.328 e. The molecule has 0 saturated carbocycles. The number of nitrogens with one attached hydrogen (secondary N) is 2. The average molecular weight is 374 g/mol. The summed E-state index contributed by atoms with van der Waals surface area (Å²) < 4.78 is 0. The van der Waals surface area contributed by atoms with Gasteiger partial charge in [-0.25, -0.2) is 4.79 Å². The molecular weight excluding hydrogens is 356 g/mol. The van der Waals surface area contributed by atoms with Crippen LogP contribution in [0.5, 0.6) is 0 Å². The Bertz CT molecular complexity index is 1090. The Hall–Kier alpha value is -4.13. The lowest BCUT2D eigenvalue weighted by Crippen LogP contribution is -2.12. The Morgan fingerprint density at radius 3 is 2.54 bits per heavy atom. The fourth-order valence-electron chi connectivity index (χ4n) is 2.79. The summed E-state index contributed by atoms with van der Waals surface area (Å²) in [6.07, 6.45) is 3.95. The molecule has 0 aromatic heterocycles. The number of anilines is 2. The summed E-state index contributed by atoms with van der Waals surface area (Å²) in [6, 6.07) is 17.9. The minimum Gasteiger partial charge on any atom is -0.478 e. The van der Waals surface area contributed by atoms with Gasteiger partial charge in [0.2, 0.25) is 0 Å². The fraction of sp³-hybridized carbons (Fsp3) is 0. The molecule has 0 heterocycles. The van der Waals surface area contributed by atoms with Gasteiger partial charge in [-0.3, -0.25) is 4.79 Å². The number of carboxylic acids is 1. The number of amides is 1. The van der Waals surface area contributed by atoms with E-state index in [-0.39, 0.29) is 5.91 Å². The van der Waals surface area contributed by atoms with Crippen LogP contribution in [0.3, 0.4) is 0 Å². The van der Waals surface area contributed by atoms with Gasteiger partial charge in [-0.1, -0.05) is 36.4 Å². The van der Waals surface area contributed by atoms with Crippen molar-refractivity contribution in [2.24, 2.45) is 10.9 Å². The van der Waals surface area contributed by atoms with Crippen LogP contribution in [0.4, 0.5) is 11.4 Å². The number of carboxylic acid groups (broad SMARTS) is 1. The van der Waals surface area contributed by atoms with Gasteiger partial charge < -0.3 is 21.6 Å². The second kappa shape index (κ2) is 8.50. The van der Waals surface area contributed by atoms with Crippen molar-refractivity contribution in [1.82, 2.24) is 0 Å². The van der Waals surface area contributed by atoms with Crippen LogP contribution in [0.15, 0.2) is 71.8 Å². The molecule has 0 radical (unpaired) electrons. The summed E-state index contributed by atoms with van der Waals surface area (Å²) >= 11 is 0. The minimum atomic E-state index is -1.02. The molecule has 140 valence electrons. The molecule has 7 heteroatoms. The number of hydrogen-bond donors (Lipinski definition) is 4. The molecule has 0 aliphatic carbocycles.